The zero-order valence-electron chi connectivity index (χ0n) is 15.1. The molecule has 1 aromatic carbocycles. The SMILES string of the molecule is COc1ccccc1C(=O)Nc1cncc(-c2cc(-c3cccnc3)cs2)c1. The molecule has 0 bridgehead atoms. The lowest BCUT2D eigenvalue weighted by Crippen LogP contribution is -2.13. The number of anilines is 1. The highest BCUT2D eigenvalue weighted by Gasteiger charge is 2.13. The first kappa shape index (κ1) is 17.9. The number of pyridine rings is 2. The molecule has 0 aliphatic heterocycles. The topological polar surface area (TPSA) is 64.1 Å². The van der Waals surface area contributed by atoms with Gasteiger partial charge in [0.15, 0.2) is 0 Å². The number of thiophene rings is 1. The number of rotatable bonds is 5. The average molecular weight is 387 g/mol. The maximum atomic E-state index is 12.6. The maximum absolute atomic E-state index is 12.6. The minimum absolute atomic E-state index is 0.237. The van der Waals surface area contributed by atoms with Gasteiger partial charge in [-0.3, -0.25) is 14.8 Å². The van der Waals surface area contributed by atoms with Crippen molar-refractivity contribution in [3.63, 3.8) is 0 Å². The summed E-state index contributed by atoms with van der Waals surface area (Å²) in [6.45, 7) is 0. The number of benzene rings is 1. The van der Waals surface area contributed by atoms with Crippen molar-refractivity contribution >= 4 is 22.9 Å². The van der Waals surface area contributed by atoms with E-state index in [2.05, 4.69) is 26.7 Å². The Bertz CT molecular complexity index is 1110. The Morgan fingerprint density at radius 2 is 1.82 bits per heavy atom. The number of hydrogen-bond acceptors (Lipinski definition) is 5. The molecule has 0 saturated carbocycles. The van der Waals surface area contributed by atoms with Crippen molar-refractivity contribution in [3.05, 3.63) is 84.3 Å². The molecule has 0 aliphatic rings. The van der Waals surface area contributed by atoms with Gasteiger partial charge in [-0.2, -0.15) is 0 Å². The van der Waals surface area contributed by atoms with Crippen LogP contribution in [0.1, 0.15) is 10.4 Å². The summed E-state index contributed by atoms with van der Waals surface area (Å²) in [6, 6.07) is 15.1. The molecule has 0 fully saturated rings. The number of carbonyl (C=O) groups is 1. The van der Waals surface area contributed by atoms with Crippen molar-refractivity contribution in [2.45, 2.75) is 0 Å². The van der Waals surface area contributed by atoms with Crippen LogP contribution in [0.2, 0.25) is 0 Å². The largest absolute Gasteiger partial charge is 0.496 e. The van der Waals surface area contributed by atoms with Crippen LogP contribution in [0.4, 0.5) is 5.69 Å². The lowest BCUT2D eigenvalue weighted by atomic mass is 10.1. The van der Waals surface area contributed by atoms with E-state index in [1.807, 2.05) is 30.5 Å². The Balaban J connectivity index is 1.57. The Kier molecular flexibility index (Phi) is 5.12. The molecule has 0 radical (unpaired) electrons. The first-order chi connectivity index (χ1) is 13.7. The number of carbonyl (C=O) groups excluding carboxylic acids is 1. The molecule has 0 saturated heterocycles. The Hall–Kier alpha value is -3.51. The van der Waals surface area contributed by atoms with E-state index in [0.717, 1.165) is 21.6 Å². The summed E-state index contributed by atoms with van der Waals surface area (Å²) in [7, 11) is 1.55. The zero-order valence-corrected chi connectivity index (χ0v) is 15.9. The second-order valence-electron chi connectivity index (χ2n) is 6.06. The third-order valence-corrected chi connectivity index (χ3v) is 5.21. The predicted molar refractivity (Wildman–Crippen MR) is 112 cm³/mol. The molecular weight excluding hydrogens is 370 g/mol. The molecular formula is C22H17N3O2S. The van der Waals surface area contributed by atoms with Gasteiger partial charge in [0.2, 0.25) is 0 Å². The second kappa shape index (κ2) is 8.02. The molecule has 0 spiro atoms. The van der Waals surface area contributed by atoms with Crippen LogP contribution < -0.4 is 10.1 Å². The highest BCUT2D eigenvalue weighted by atomic mass is 32.1. The average Bonchev–Trinajstić information content (AvgIpc) is 3.25. The summed E-state index contributed by atoms with van der Waals surface area (Å²) >= 11 is 1.63. The van der Waals surface area contributed by atoms with Gasteiger partial charge in [0, 0.05) is 34.6 Å². The van der Waals surface area contributed by atoms with Crippen LogP contribution in [0.3, 0.4) is 0 Å². The van der Waals surface area contributed by atoms with E-state index >= 15 is 0 Å². The molecule has 138 valence electrons. The quantitative estimate of drug-likeness (QED) is 0.515. The smallest absolute Gasteiger partial charge is 0.259 e. The van der Waals surface area contributed by atoms with Crippen LogP contribution in [-0.4, -0.2) is 23.0 Å². The molecule has 0 atom stereocenters. The van der Waals surface area contributed by atoms with Gasteiger partial charge < -0.3 is 10.1 Å². The lowest BCUT2D eigenvalue weighted by molar-refractivity contribution is 0.102. The van der Waals surface area contributed by atoms with Gasteiger partial charge in [-0.25, -0.2) is 0 Å². The first-order valence-corrected chi connectivity index (χ1v) is 9.51. The van der Waals surface area contributed by atoms with Crippen molar-refractivity contribution < 1.29 is 9.53 Å². The summed E-state index contributed by atoms with van der Waals surface area (Å²) in [4.78, 5) is 22.1. The number of hydrogen-bond donors (Lipinski definition) is 1. The minimum Gasteiger partial charge on any atom is -0.496 e. The van der Waals surface area contributed by atoms with Gasteiger partial charge in [-0.1, -0.05) is 18.2 Å². The zero-order chi connectivity index (χ0) is 19.3. The number of amides is 1. The molecule has 0 unspecified atom stereocenters. The maximum Gasteiger partial charge on any atom is 0.259 e. The van der Waals surface area contributed by atoms with Crippen LogP contribution in [0, 0.1) is 0 Å². The van der Waals surface area contributed by atoms with Gasteiger partial charge in [0.1, 0.15) is 5.75 Å². The van der Waals surface area contributed by atoms with Crippen molar-refractivity contribution in [2.24, 2.45) is 0 Å². The molecule has 5 nitrogen and oxygen atoms in total. The molecule has 4 aromatic rings. The van der Waals surface area contributed by atoms with E-state index < -0.39 is 0 Å². The predicted octanol–water partition coefficient (Wildman–Crippen LogP) is 5.13. The number of aromatic nitrogens is 2. The summed E-state index contributed by atoms with van der Waals surface area (Å²) in [6.07, 6.45) is 7.02. The third kappa shape index (κ3) is 3.77. The lowest BCUT2D eigenvalue weighted by Gasteiger charge is -2.09. The first-order valence-electron chi connectivity index (χ1n) is 8.63. The summed E-state index contributed by atoms with van der Waals surface area (Å²) in [5.74, 6) is 0.294. The van der Waals surface area contributed by atoms with Crippen LogP contribution in [0.25, 0.3) is 21.6 Å². The number of methoxy groups -OCH3 is 1. The Labute approximate surface area is 166 Å². The van der Waals surface area contributed by atoms with Crippen LogP contribution in [0.15, 0.2) is 78.7 Å². The highest BCUT2D eigenvalue weighted by Crippen LogP contribution is 2.33. The van der Waals surface area contributed by atoms with Gasteiger partial charge in [-0.15, -0.1) is 11.3 Å². The highest BCUT2D eigenvalue weighted by molar-refractivity contribution is 7.14. The third-order valence-electron chi connectivity index (χ3n) is 4.23. The van der Waals surface area contributed by atoms with Gasteiger partial charge in [-0.05, 0) is 41.3 Å². The Morgan fingerprint density at radius 1 is 0.964 bits per heavy atom. The van der Waals surface area contributed by atoms with E-state index in [9.17, 15) is 4.79 Å². The normalized spacial score (nSPS) is 10.5. The summed E-state index contributed by atoms with van der Waals surface area (Å²) in [5.41, 5.74) is 4.23. The van der Waals surface area contributed by atoms with Crippen LogP contribution >= 0.6 is 11.3 Å². The number of nitrogens with one attached hydrogen (secondary N) is 1. The minimum atomic E-state index is -0.237. The van der Waals surface area contributed by atoms with Gasteiger partial charge >= 0.3 is 0 Å². The molecule has 3 aromatic heterocycles. The number of ether oxygens (including phenoxy) is 1. The molecule has 28 heavy (non-hydrogen) atoms. The fraction of sp³-hybridized carbons (Fsp3) is 0.0455. The van der Waals surface area contributed by atoms with Gasteiger partial charge in [0.25, 0.3) is 5.91 Å². The van der Waals surface area contributed by atoms with E-state index in [-0.39, 0.29) is 5.91 Å². The summed E-state index contributed by atoms with van der Waals surface area (Å²) < 4.78 is 5.26. The monoisotopic (exact) mass is 387 g/mol. The molecule has 1 amide bonds. The van der Waals surface area contributed by atoms with Crippen molar-refractivity contribution in [1.29, 1.82) is 0 Å². The van der Waals surface area contributed by atoms with Crippen LogP contribution in [0.5, 0.6) is 5.75 Å². The number of para-hydroxylation sites is 1. The molecule has 6 heteroatoms. The van der Waals surface area contributed by atoms with E-state index in [1.54, 1.807) is 55.2 Å². The fourth-order valence-electron chi connectivity index (χ4n) is 2.85. The van der Waals surface area contributed by atoms with E-state index in [1.165, 1.54) is 0 Å². The standard InChI is InChI=1S/C22H17N3O2S/c1-27-20-7-3-2-6-19(20)22(26)25-18-9-16(12-24-13-18)21-10-17(14-28-21)15-5-4-8-23-11-15/h2-14H,1H3,(H,25,26). The molecule has 1 N–H and O–H groups in total. The van der Waals surface area contributed by atoms with E-state index in [4.69, 9.17) is 4.74 Å². The van der Waals surface area contributed by atoms with Crippen molar-refractivity contribution in [2.75, 3.05) is 12.4 Å². The summed E-state index contributed by atoms with van der Waals surface area (Å²) in [5, 5.41) is 4.98. The van der Waals surface area contributed by atoms with Crippen molar-refractivity contribution in [1.82, 2.24) is 9.97 Å². The second-order valence-corrected chi connectivity index (χ2v) is 6.97. The van der Waals surface area contributed by atoms with Crippen LogP contribution in [-0.2, 0) is 0 Å². The van der Waals surface area contributed by atoms with Gasteiger partial charge in [0.05, 0.1) is 24.6 Å². The molecule has 4 rings (SSSR count). The molecule has 3 heterocycles. The number of nitrogens with zero attached hydrogens (tertiary/aromatic N) is 2. The van der Waals surface area contributed by atoms with E-state index in [0.29, 0.717) is 17.0 Å². The van der Waals surface area contributed by atoms with Crippen molar-refractivity contribution in [3.8, 4) is 27.3 Å². The fourth-order valence-corrected chi connectivity index (χ4v) is 3.75. The Morgan fingerprint density at radius 3 is 2.64 bits per heavy atom. The molecule has 0 aliphatic carbocycles.